The molecule has 134 valence electrons. The summed E-state index contributed by atoms with van der Waals surface area (Å²) in [5.74, 6) is 1.33. The van der Waals surface area contributed by atoms with Crippen LogP contribution in [-0.2, 0) is 4.79 Å². The van der Waals surface area contributed by atoms with Gasteiger partial charge in [0.25, 0.3) is 0 Å². The second kappa shape index (κ2) is 9.47. The van der Waals surface area contributed by atoms with Gasteiger partial charge < -0.3 is 10.1 Å². The highest BCUT2D eigenvalue weighted by molar-refractivity contribution is 6.31. The number of benzene rings is 2. The van der Waals surface area contributed by atoms with Gasteiger partial charge in [0.1, 0.15) is 5.75 Å². The molecule has 0 unspecified atom stereocenters. The van der Waals surface area contributed by atoms with E-state index >= 15 is 0 Å². The summed E-state index contributed by atoms with van der Waals surface area (Å²) in [6, 6.07) is 13.7. The summed E-state index contributed by atoms with van der Waals surface area (Å²) in [6.45, 7) is 6.82. The van der Waals surface area contributed by atoms with Crippen molar-refractivity contribution in [2.24, 2.45) is 0 Å². The minimum Gasteiger partial charge on any atom is -0.494 e. The lowest BCUT2D eigenvalue weighted by Gasteiger charge is -2.11. The molecule has 1 amide bonds. The lowest BCUT2D eigenvalue weighted by atomic mass is 9.99. The van der Waals surface area contributed by atoms with E-state index in [2.05, 4.69) is 31.3 Å². The number of carbonyl (C=O) groups is 1. The maximum Gasteiger partial charge on any atom is 0.224 e. The first-order chi connectivity index (χ1) is 12.0. The molecule has 1 atom stereocenters. The van der Waals surface area contributed by atoms with Gasteiger partial charge in [0.15, 0.2) is 0 Å². The molecule has 0 fully saturated rings. The highest BCUT2D eigenvalue weighted by Crippen LogP contribution is 2.22. The zero-order valence-electron chi connectivity index (χ0n) is 15.1. The van der Waals surface area contributed by atoms with Crippen molar-refractivity contribution in [3.63, 3.8) is 0 Å². The van der Waals surface area contributed by atoms with E-state index in [1.807, 2.05) is 37.3 Å². The second-order valence-electron chi connectivity index (χ2n) is 6.34. The van der Waals surface area contributed by atoms with E-state index < -0.39 is 0 Å². The minimum absolute atomic E-state index is 0.00665. The van der Waals surface area contributed by atoms with Gasteiger partial charge in [0, 0.05) is 17.1 Å². The zero-order chi connectivity index (χ0) is 18.2. The number of amides is 1. The van der Waals surface area contributed by atoms with Crippen LogP contribution in [0.4, 0.5) is 5.69 Å². The fraction of sp³-hybridized carbons (Fsp3) is 0.381. The Bertz CT molecular complexity index is 698. The van der Waals surface area contributed by atoms with Crippen LogP contribution in [0.1, 0.15) is 50.2 Å². The third-order valence-electron chi connectivity index (χ3n) is 4.32. The molecule has 0 heterocycles. The fourth-order valence-electron chi connectivity index (χ4n) is 2.48. The Hall–Kier alpha value is -2.00. The van der Waals surface area contributed by atoms with Crippen molar-refractivity contribution in [2.75, 3.05) is 11.9 Å². The quantitative estimate of drug-likeness (QED) is 0.590. The predicted octanol–water partition coefficient (Wildman–Crippen LogP) is 5.96. The molecule has 2 aromatic carbocycles. The Balaban J connectivity index is 1.72. The molecule has 2 aromatic rings. The average molecular weight is 360 g/mol. The number of ether oxygens (including phenoxy) is 1. The van der Waals surface area contributed by atoms with Crippen molar-refractivity contribution in [1.82, 2.24) is 0 Å². The Morgan fingerprint density at radius 2 is 1.92 bits per heavy atom. The summed E-state index contributed by atoms with van der Waals surface area (Å²) in [5, 5.41) is 3.66. The van der Waals surface area contributed by atoms with Gasteiger partial charge in [-0.15, -0.1) is 0 Å². The van der Waals surface area contributed by atoms with Crippen LogP contribution in [0.15, 0.2) is 42.5 Å². The van der Waals surface area contributed by atoms with Crippen molar-refractivity contribution >= 4 is 23.2 Å². The van der Waals surface area contributed by atoms with Crippen molar-refractivity contribution < 1.29 is 9.53 Å². The zero-order valence-corrected chi connectivity index (χ0v) is 15.9. The second-order valence-corrected chi connectivity index (χ2v) is 6.75. The molecular formula is C21H26ClNO2. The van der Waals surface area contributed by atoms with Gasteiger partial charge in [-0.2, -0.15) is 0 Å². The summed E-state index contributed by atoms with van der Waals surface area (Å²) in [6.07, 6.45) is 2.21. The van der Waals surface area contributed by atoms with E-state index in [9.17, 15) is 4.79 Å². The SMILES string of the molecule is CC[C@@H](C)c1ccc(NC(=O)CCCOc2ccc(Cl)c(C)c2)cc1. The molecule has 1 N–H and O–H groups in total. The maximum atomic E-state index is 12.0. The fourth-order valence-corrected chi connectivity index (χ4v) is 2.60. The molecule has 0 saturated heterocycles. The first-order valence-electron chi connectivity index (χ1n) is 8.78. The predicted molar refractivity (Wildman–Crippen MR) is 105 cm³/mol. The lowest BCUT2D eigenvalue weighted by molar-refractivity contribution is -0.116. The molecule has 25 heavy (non-hydrogen) atoms. The van der Waals surface area contributed by atoms with Crippen LogP contribution >= 0.6 is 11.6 Å². The summed E-state index contributed by atoms with van der Waals surface area (Å²) in [7, 11) is 0. The molecule has 0 bridgehead atoms. The number of anilines is 1. The van der Waals surface area contributed by atoms with Crippen LogP contribution in [0.3, 0.4) is 0 Å². The topological polar surface area (TPSA) is 38.3 Å². The van der Waals surface area contributed by atoms with Crippen LogP contribution in [-0.4, -0.2) is 12.5 Å². The smallest absolute Gasteiger partial charge is 0.224 e. The summed E-state index contributed by atoms with van der Waals surface area (Å²) in [4.78, 5) is 12.0. The summed E-state index contributed by atoms with van der Waals surface area (Å²) in [5.41, 5.74) is 3.12. The van der Waals surface area contributed by atoms with Crippen LogP contribution in [0.25, 0.3) is 0 Å². The van der Waals surface area contributed by atoms with E-state index in [0.29, 0.717) is 25.4 Å². The van der Waals surface area contributed by atoms with Gasteiger partial charge >= 0.3 is 0 Å². The van der Waals surface area contributed by atoms with Gasteiger partial charge in [-0.05, 0) is 67.1 Å². The van der Waals surface area contributed by atoms with Crippen LogP contribution < -0.4 is 10.1 Å². The number of carbonyl (C=O) groups excluding carboxylic acids is 1. The molecule has 0 aliphatic rings. The number of nitrogens with one attached hydrogen (secondary N) is 1. The molecule has 0 spiro atoms. The summed E-state index contributed by atoms with van der Waals surface area (Å²) >= 11 is 5.99. The highest BCUT2D eigenvalue weighted by atomic mass is 35.5. The van der Waals surface area contributed by atoms with E-state index in [1.54, 1.807) is 0 Å². The maximum absolute atomic E-state index is 12.0. The molecule has 0 aliphatic carbocycles. The number of halogens is 1. The van der Waals surface area contributed by atoms with Crippen LogP contribution in [0.2, 0.25) is 5.02 Å². The lowest BCUT2D eigenvalue weighted by Crippen LogP contribution is -2.12. The van der Waals surface area contributed by atoms with Gasteiger partial charge in [-0.1, -0.05) is 37.6 Å². The number of aryl methyl sites for hydroxylation is 1. The van der Waals surface area contributed by atoms with Crippen molar-refractivity contribution in [1.29, 1.82) is 0 Å². The third kappa shape index (κ3) is 6.09. The molecule has 0 radical (unpaired) electrons. The van der Waals surface area contributed by atoms with Crippen LogP contribution in [0.5, 0.6) is 5.75 Å². The molecule has 3 nitrogen and oxygen atoms in total. The van der Waals surface area contributed by atoms with Gasteiger partial charge in [0.05, 0.1) is 6.61 Å². The molecule has 2 rings (SSSR count). The van der Waals surface area contributed by atoms with Crippen molar-refractivity contribution in [2.45, 2.75) is 46.0 Å². The standard InChI is InChI=1S/C21H26ClNO2/c1-4-15(2)17-7-9-18(10-8-17)23-21(24)6-5-13-25-19-11-12-20(22)16(3)14-19/h7-12,14-15H,4-6,13H2,1-3H3,(H,23,24)/t15-/m1/s1. The highest BCUT2D eigenvalue weighted by Gasteiger charge is 2.06. The van der Waals surface area contributed by atoms with Gasteiger partial charge in [-0.3, -0.25) is 4.79 Å². The average Bonchev–Trinajstić information content (AvgIpc) is 2.61. The molecule has 0 saturated carbocycles. The normalized spacial score (nSPS) is 11.8. The number of hydrogen-bond donors (Lipinski definition) is 1. The minimum atomic E-state index is 0.00665. The van der Waals surface area contributed by atoms with E-state index in [4.69, 9.17) is 16.3 Å². The largest absolute Gasteiger partial charge is 0.494 e. The van der Waals surface area contributed by atoms with Gasteiger partial charge in [0.2, 0.25) is 5.91 Å². The monoisotopic (exact) mass is 359 g/mol. The number of rotatable bonds is 8. The Morgan fingerprint density at radius 3 is 2.56 bits per heavy atom. The molecule has 0 aliphatic heterocycles. The molecule has 4 heteroatoms. The number of hydrogen-bond acceptors (Lipinski definition) is 2. The van der Waals surface area contributed by atoms with Crippen molar-refractivity contribution in [3.8, 4) is 5.75 Å². The molecular weight excluding hydrogens is 334 g/mol. The first kappa shape index (κ1) is 19.3. The van der Waals surface area contributed by atoms with Gasteiger partial charge in [-0.25, -0.2) is 0 Å². The Kier molecular flexibility index (Phi) is 7.32. The van der Waals surface area contributed by atoms with E-state index in [1.165, 1.54) is 5.56 Å². The van der Waals surface area contributed by atoms with Crippen LogP contribution in [0, 0.1) is 6.92 Å². The van der Waals surface area contributed by atoms with E-state index in [-0.39, 0.29) is 5.91 Å². The Labute approximate surface area is 155 Å². The Morgan fingerprint density at radius 1 is 1.20 bits per heavy atom. The first-order valence-corrected chi connectivity index (χ1v) is 9.16. The molecule has 0 aromatic heterocycles. The van der Waals surface area contributed by atoms with Crippen molar-refractivity contribution in [3.05, 3.63) is 58.6 Å². The summed E-state index contributed by atoms with van der Waals surface area (Å²) < 4.78 is 5.66. The van der Waals surface area contributed by atoms with E-state index in [0.717, 1.165) is 28.4 Å². The third-order valence-corrected chi connectivity index (χ3v) is 4.75.